The smallest absolute Gasteiger partial charge is 0.0573 e. The predicted molar refractivity (Wildman–Crippen MR) is 43.9 cm³/mol. The minimum Gasteiger partial charge on any atom is -0.411 e. The van der Waals surface area contributed by atoms with Gasteiger partial charge in [0.2, 0.25) is 0 Å². The van der Waals surface area contributed by atoms with Crippen LogP contribution in [0.15, 0.2) is 5.16 Å². The van der Waals surface area contributed by atoms with E-state index in [1.165, 1.54) is 25.7 Å². The van der Waals surface area contributed by atoms with Gasteiger partial charge in [0.15, 0.2) is 0 Å². The second kappa shape index (κ2) is 2.84. The van der Waals surface area contributed by atoms with Crippen molar-refractivity contribution in [1.82, 2.24) is 0 Å². The number of hydrogen-bond acceptors (Lipinski definition) is 2. The highest BCUT2D eigenvalue weighted by Crippen LogP contribution is 2.40. The molecule has 0 saturated heterocycles. The van der Waals surface area contributed by atoms with E-state index in [9.17, 15) is 0 Å². The Hall–Kier alpha value is -0.530. The van der Waals surface area contributed by atoms with E-state index in [1.807, 2.05) is 0 Å². The van der Waals surface area contributed by atoms with Crippen molar-refractivity contribution < 1.29 is 5.21 Å². The highest BCUT2D eigenvalue weighted by atomic mass is 16.4. The molecule has 0 aromatic carbocycles. The molecule has 2 aliphatic rings. The minimum absolute atomic E-state index is 0.856. The summed E-state index contributed by atoms with van der Waals surface area (Å²) in [4.78, 5) is 0. The third-order valence-corrected chi connectivity index (χ3v) is 3.26. The van der Waals surface area contributed by atoms with Gasteiger partial charge in [-0.2, -0.15) is 0 Å². The summed E-state index contributed by atoms with van der Waals surface area (Å²) in [6.07, 6.45) is 7.56. The summed E-state index contributed by atoms with van der Waals surface area (Å²) in [5, 5.41) is 11.9. The van der Waals surface area contributed by atoms with Crippen LogP contribution in [0, 0.1) is 11.8 Å². The SMILES string of the molecule is O/N=C1\CC[C@@H]2CCC[C@@H]2C1. The van der Waals surface area contributed by atoms with Crippen molar-refractivity contribution in [3.8, 4) is 0 Å². The van der Waals surface area contributed by atoms with E-state index in [0.29, 0.717) is 0 Å². The molecular weight excluding hydrogens is 138 g/mol. The summed E-state index contributed by atoms with van der Waals surface area (Å²) in [7, 11) is 0. The first kappa shape index (κ1) is 7.14. The largest absolute Gasteiger partial charge is 0.411 e. The average molecular weight is 153 g/mol. The Bertz CT molecular complexity index is 176. The summed E-state index contributed by atoms with van der Waals surface area (Å²) in [5.74, 6) is 1.81. The fourth-order valence-corrected chi connectivity index (χ4v) is 2.61. The molecule has 0 spiro atoms. The molecule has 11 heavy (non-hydrogen) atoms. The van der Waals surface area contributed by atoms with Gasteiger partial charge in [0.25, 0.3) is 0 Å². The fourth-order valence-electron chi connectivity index (χ4n) is 2.61. The highest BCUT2D eigenvalue weighted by Gasteiger charge is 2.31. The summed E-state index contributed by atoms with van der Waals surface area (Å²) in [5.41, 5.74) is 1.04. The second-order valence-electron chi connectivity index (χ2n) is 3.86. The van der Waals surface area contributed by atoms with E-state index in [4.69, 9.17) is 5.21 Å². The standard InChI is InChI=1S/C9H15NO/c11-10-9-5-4-7-2-1-3-8(7)6-9/h7-8,11H,1-6H2/b10-9+/t7-,8+/m0/s1. The van der Waals surface area contributed by atoms with Gasteiger partial charge in [-0.3, -0.25) is 0 Å². The van der Waals surface area contributed by atoms with Crippen LogP contribution in [-0.4, -0.2) is 10.9 Å². The zero-order valence-corrected chi connectivity index (χ0v) is 6.79. The number of fused-ring (bicyclic) bond motifs is 1. The average Bonchev–Trinajstić information content (AvgIpc) is 2.50. The highest BCUT2D eigenvalue weighted by molar-refractivity contribution is 5.84. The summed E-state index contributed by atoms with van der Waals surface area (Å²) >= 11 is 0. The van der Waals surface area contributed by atoms with Crippen molar-refractivity contribution in [1.29, 1.82) is 0 Å². The number of rotatable bonds is 0. The van der Waals surface area contributed by atoms with Crippen molar-refractivity contribution >= 4 is 5.71 Å². The van der Waals surface area contributed by atoms with Gasteiger partial charge >= 0.3 is 0 Å². The van der Waals surface area contributed by atoms with Crippen LogP contribution in [-0.2, 0) is 0 Å². The van der Waals surface area contributed by atoms with Crippen LogP contribution in [0.4, 0.5) is 0 Å². The first-order valence-corrected chi connectivity index (χ1v) is 4.60. The molecule has 2 heteroatoms. The third-order valence-electron chi connectivity index (χ3n) is 3.26. The molecule has 0 radical (unpaired) electrons. The van der Waals surface area contributed by atoms with Crippen molar-refractivity contribution in [2.75, 3.05) is 0 Å². The predicted octanol–water partition coefficient (Wildman–Crippen LogP) is 2.42. The fraction of sp³-hybridized carbons (Fsp3) is 0.889. The monoisotopic (exact) mass is 153 g/mol. The molecule has 0 aromatic rings. The molecule has 2 fully saturated rings. The maximum Gasteiger partial charge on any atom is 0.0573 e. The number of hydrogen-bond donors (Lipinski definition) is 1. The van der Waals surface area contributed by atoms with E-state index in [1.54, 1.807) is 0 Å². The van der Waals surface area contributed by atoms with E-state index in [-0.39, 0.29) is 0 Å². The van der Waals surface area contributed by atoms with Gasteiger partial charge in [-0.05, 0) is 37.5 Å². The number of nitrogens with zero attached hydrogens (tertiary/aromatic N) is 1. The number of oxime groups is 1. The van der Waals surface area contributed by atoms with Crippen LogP contribution < -0.4 is 0 Å². The molecule has 2 nitrogen and oxygen atoms in total. The molecule has 2 rings (SSSR count). The molecule has 0 aliphatic heterocycles. The molecule has 2 saturated carbocycles. The lowest BCUT2D eigenvalue weighted by atomic mass is 9.81. The maximum atomic E-state index is 8.60. The van der Waals surface area contributed by atoms with Crippen molar-refractivity contribution in [2.45, 2.75) is 38.5 Å². The van der Waals surface area contributed by atoms with Gasteiger partial charge in [0.1, 0.15) is 0 Å². The maximum absolute atomic E-state index is 8.60. The Morgan fingerprint density at radius 1 is 1.18 bits per heavy atom. The Kier molecular flexibility index (Phi) is 1.84. The quantitative estimate of drug-likeness (QED) is 0.420. The molecule has 0 aromatic heterocycles. The van der Waals surface area contributed by atoms with Crippen LogP contribution in [0.2, 0.25) is 0 Å². The first-order chi connectivity index (χ1) is 5.40. The molecule has 62 valence electrons. The Labute approximate surface area is 67.3 Å². The van der Waals surface area contributed by atoms with Gasteiger partial charge in [-0.1, -0.05) is 18.0 Å². The van der Waals surface area contributed by atoms with Crippen molar-refractivity contribution in [3.63, 3.8) is 0 Å². The second-order valence-corrected chi connectivity index (χ2v) is 3.86. The van der Waals surface area contributed by atoms with Gasteiger partial charge in [-0.15, -0.1) is 0 Å². The topological polar surface area (TPSA) is 32.6 Å². The minimum atomic E-state index is 0.856. The molecule has 0 heterocycles. The summed E-state index contributed by atoms with van der Waals surface area (Å²) in [6, 6.07) is 0. The lowest BCUT2D eigenvalue weighted by Crippen LogP contribution is -2.20. The molecule has 0 unspecified atom stereocenters. The lowest BCUT2D eigenvalue weighted by molar-refractivity contribution is 0.298. The summed E-state index contributed by atoms with van der Waals surface area (Å²) < 4.78 is 0. The molecule has 0 amide bonds. The Morgan fingerprint density at radius 2 is 2.00 bits per heavy atom. The zero-order chi connectivity index (χ0) is 7.68. The Morgan fingerprint density at radius 3 is 2.82 bits per heavy atom. The van der Waals surface area contributed by atoms with Crippen LogP contribution in [0.5, 0.6) is 0 Å². The van der Waals surface area contributed by atoms with E-state index < -0.39 is 0 Å². The van der Waals surface area contributed by atoms with Crippen molar-refractivity contribution in [2.24, 2.45) is 17.0 Å². The Balaban J connectivity index is 2.02. The van der Waals surface area contributed by atoms with E-state index in [2.05, 4.69) is 5.16 Å². The van der Waals surface area contributed by atoms with Gasteiger partial charge < -0.3 is 5.21 Å². The van der Waals surface area contributed by atoms with Crippen LogP contribution >= 0.6 is 0 Å². The van der Waals surface area contributed by atoms with Crippen LogP contribution in [0.25, 0.3) is 0 Å². The first-order valence-electron chi connectivity index (χ1n) is 4.60. The normalized spacial score (nSPS) is 40.9. The molecule has 2 atom stereocenters. The van der Waals surface area contributed by atoms with E-state index >= 15 is 0 Å². The lowest BCUT2D eigenvalue weighted by Gasteiger charge is -2.25. The van der Waals surface area contributed by atoms with Crippen LogP contribution in [0.3, 0.4) is 0 Å². The van der Waals surface area contributed by atoms with Gasteiger partial charge in [0, 0.05) is 0 Å². The molecule has 0 bridgehead atoms. The summed E-state index contributed by atoms with van der Waals surface area (Å²) in [6.45, 7) is 0. The third kappa shape index (κ3) is 1.26. The van der Waals surface area contributed by atoms with E-state index in [0.717, 1.165) is 30.4 Å². The molecular formula is C9H15NO. The molecule has 1 N–H and O–H groups in total. The van der Waals surface area contributed by atoms with Crippen LogP contribution in [0.1, 0.15) is 38.5 Å². The molecule has 2 aliphatic carbocycles. The van der Waals surface area contributed by atoms with Crippen molar-refractivity contribution in [3.05, 3.63) is 0 Å². The van der Waals surface area contributed by atoms with Gasteiger partial charge in [-0.25, -0.2) is 0 Å². The zero-order valence-electron chi connectivity index (χ0n) is 6.79. The van der Waals surface area contributed by atoms with Gasteiger partial charge in [0.05, 0.1) is 5.71 Å².